The molecule has 4 heteroatoms. The largest absolute Gasteiger partial charge is 0.345 e. The molecule has 1 saturated carbocycles. The van der Waals surface area contributed by atoms with Crippen LogP contribution < -0.4 is 10.2 Å². The number of hydrogen-bond acceptors (Lipinski definition) is 4. The lowest BCUT2D eigenvalue weighted by molar-refractivity contribution is 0.243. The van der Waals surface area contributed by atoms with Gasteiger partial charge in [0.15, 0.2) is 5.13 Å². The minimum Gasteiger partial charge on any atom is -0.345 e. The van der Waals surface area contributed by atoms with E-state index in [-0.39, 0.29) is 0 Å². The van der Waals surface area contributed by atoms with Gasteiger partial charge in [-0.15, -0.1) is 11.3 Å². The molecule has 2 fully saturated rings. The highest BCUT2D eigenvalue weighted by atomic mass is 32.1. The first-order chi connectivity index (χ1) is 9.74. The van der Waals surface area contributed by atoms with Crippen molar-refractivity contribution in [3.05, 3.63) is 11.1 Å². The molecule has 2 aliphatic rings. The Labute approximate surface area is 126 Å². The molecule has 1 saturated heterocycles. The average Bonchev–Trinajstić information content (AvgIpc) is 2.93. The maximum absolute atomic E-state index is 4.88. The van der Waals surface area contributed by atoms with E-state index in [1.165, 1.54) is 55.9 Å². The van der Waals surface area contributed by atoms with E-state index in [1.54, 1.807) is 0 Å². The molecule has 0 amide bonds. The van der Waals surface area contributed by atoms with Crippen LogP contribution in [-0.2, 0) is 6.54 Å². The highest BCUT2D eigenvalue weighted by molar-refractivity contribution is 7.13. The fraction of sp³-hybridized carbons (Fsp3) is 0.812. The summed E-state index contributed by atoms with van der Waals surface area (Å²) in [6, 6.07) is 1.30. The van der Waals surface area contributed by atoms with E-state index in [4.69, 9.17) is 4.98 Å². The summed E-state index contributed by atoms with van der Waals surface area (Å²) in [5, 5.41) is 6.96. The van der Waals surface area contributed by atoms with Gasteiger partial charge in [0.05, 0.1) is 5.69 Å². The summed E-state index contributed by atoms with van der Waals surface area (Å²) in [6.45, 7) is 6.48. The number of nitrogens with one attached hydrogen (secondary N) is 1. The van der Waals surface area contributed by atoms with Gasteiger partial charge in [-0.1, -0.05) is 26.7 Å². The third-order valence-electron chi connectivity index (χ3n) is 4.72. The van der Waals surface area contributed by atoms with Gasteiger partial charge in [-0.2, -0.15) is 0 Å². The number of nitrogens with zero attached hydrogens (tertiary/aromatic N) is 2. The van der Waals surface area contributed by atoms with Crippen molar-refractivity contribution in [3.63, 3.8) is 0 Å². The molecule has 112 valence electrons. The van der Waals surface area contributed by atoms with Crippen molar-refractivity contribution in [2.45, 2.75) is 71.0 Å². The second-order valence-electron chi connectivity index (χ2n) is 6.60. The van der Waals surface area contributed by atoms with Crippen molar-refractivity contribution in [3.8, 4) is 0 Å². The Morgan fingerprint density at radius 3 is 2.95 bits per heavy atom. The molecule has 20 heavy (non-hydrogen) atoms. The van der Waals surface area contributed by atoms with Crippen LogP contribution >= 0.6 is 11.3 Å². The average molecular weight is 293 g/mol. The molecule has 2 heterocycles. The molecule has 1 aliphatic carbocycles. The molecule has 2 atom stereocenters. The van der Waals surface area contributed by atoms with Crippen molar-refractivity contribution >= 4 is 16.5 Å². The lowest BCUT2D eigenvalue weighted by Crippen LogP contribution is -2.46. The number of piperidine rings is 1. The van der Waals surface area contributed by atoms with Crippen LogP contribution in [0.2, 0.25) is 0 Å². The molecule has 1 N–H and O–H groups in total. The van der Waals surface area contributed by atoms with Gasteiger partial charge < -0.3 is 10.2 Å². The minimum absolute atomic E-state index is 0.526. The Hall–Kier alpha value is -0.610. The van der Waals surface area contributed by atoms with E-state index in [2.05, 4.69) is 29.4 Å². The molecular weight excluding hydrogens is 266 g/mol. The Kier molecular flexibility index (Phi) is 4.61. The van der Waals surface area contributed by atoms with Gasteiger partial charge in [0.1, 0.15) is 0 Å². The molecule has 2 unspecified atom stereocenters. The molecule has 0 aromatic carbocycles. The normalized spacial score (nSPS) is 26.9. The number of rotatable bonds is 4. The molecule has 0 radical (unpaired) electrons. The standard InChI is InChI=1S/C16H27N3S/c1-12(2)17-10-14-11-20-16(18-14)19-9-5-7-13-6-3-4-8-15(13)19/h11-13,15,17H,3-10H2,1-2H3. The lowest BCUT2D eigenvalue weighted by Gasteiger charge is -2.44. The second-order valence-corrected chi connectivity index (χ2v) is 7.44. The summed E-state index contributed by atoms with van der Waals surface area (Å²) in [6.07, 6.45) is 8.45. The highest BCUT2D eigenvalue weighted by Gasteiger charge is 2.34. The summed E-state index contributed by atoms with van der Waals surface area (Å²) in [5.74, 6) is 0.929. The summed E-state index contributed by atoms with van der Waals surface area (Å²) < 4.78 is 0. The van der Waals surface area contributed by atoms with Crippen LogP contribution in [0.25, 0.3) is 0 Å². The van der Waals surface area contributed by atoms with Crippen LogP contribution in [0.4, 0.5) is 5.13 Å². The molecule has 3 nitrogen and oxygen atoms in total. The number of anilines is 1. The first kappa shape index (κ1) is 14.3. The monoisotopic (exact) mass is 293 g/mol. The molecule has 0 spiro atoms. The van der Waals surface area contributed by atoms with Crippen molar-refractivity contribution in [2.75, 3.05) is 11.4 Å². The topological polar surface area (TPSA) is 28.2 Å². The van der Waals surface area contributed by atoms with Gasteiger partial charge in [-0.3, -0.25) is 0 Å². The predicted octanol–water partition coefficient (Wildman–Crippen LogP) is 3.80. The Morgan fingerprint density at radius 2 is 2.10 bits per heavy atom. The van der Waals surface area contributed by atoms with Crippen molar-refractivity contribution in [1.82, 2.24) is 10.3 Å². The third kappa shape index (κ3) is 3.17. The first-order valence-corrected chi connectivity index (χ1v) is 9.06. The van der Waals surface area contributed by atoms with Crippen LogP contribution in [0.1, 0.15) is 58.1 Å². The molecule has 1 aliphatic heterocycles. The predicted molar refractivity (Wildman–Crippen MR) is 86.4 cm³/mol. The summed E-state index contributed by atoms with van der Waals surface area (Å²) >= 11 is 1.84. The van der Waals surface area contributed by atoms with Crippen LogP contribution in [0.15, 0.2) is 5.38 Å². The molecule has 1 aromatic rings. The Morgan fingerprint density at radius 1 is 1.30 bits per heavy atom. The maximum Gasteiger partial charge on any atom is 0.185 e. The fourth-order valence-corrected chi connectivity index (χ4v) is 4.59. The van der Waals surface area contributed by atoms with E-state index in [0.717, 1.165) is 18.5 Å². The summed E-state index contributed by atoms with van der Waals surface area (Å²) in [7, 11) is 0. The number of aromatic nitrogens is 1. The first-order valence-electron chi connectivity index (χ1n) is 8.18. The van der Waals surface area contributed by atoms with Crippen molar-refractivity contribution in [1.29, 1.82) is 0 Å². The van der Waals surface area contributed by atoms with Crippen LogP contribution in [-0.4, -0.2) is 23.6 Å². The van der Waals surface area contributed by atoms with Crippen LogP contribution in [0.5, 0.6) is 0 Å². The molecule has 0 bridgehead atoms. The summed E-state index contributed by atoms with van der Waals surface area (Å²) in [5.41, 5.74) is 1.21. The lowest BCUT2D eigenvalue weighted by atomic mass is 9.78. The van der Waals surface area contributed by atoms with Gasteiger partial charge in [-0.25, -0.2) is 4.98 Å². The van der Waals surface area contributed by atoms with E-state index in [9.17, 15) is 0 Å². The zero-order valence-electron chi connectivity index (χ0n) is 12.8. The SMILES string of the molecule is CC(C)NCc1csc(N2CCCC3CCCCC32)n1. The highest BCUT2D eigenvalue weighted by Crippen LogP contribution is 2.38. The van der Waals surface area contributed by atoms with Gasteiger partial charge in [0.2, 0.25) is 0 Å². The van der Waals surface area contributed by atoms with Gasteiger partial charge >= 0.3 is 0 Å². The number of thiazole rings is 1. The smallest absolute Gasteiger partial charge is 0.185 e. The number of hydrogen-bond donors (Lipinski definition) is 1. The summed E-state index contributed by atoms with van der Waals surface area (Å²) in [4.78, 5) is 7.50. The van der Waals surface area contributed by atoms with E-state index >= 15 is 0 Å². The maximum atomic E-state index is 4.88. The Balaban J connectivity index is 1.68. The van der Waals surface area contributed by atoms with E-state index < -0.39 is 0 Å². The third-order valence-corrected chi connectivity index (χ3v) is 5.65. The zero-order valence-corrected chi connectivity index (χ0v) is 13.6. The zero-order chi connectivity index (χ0) is 13.9. The van der Waals surface area contributed by atoms with Gasteiger partial charge in [0, 0.05) is 30.6 Å². The molecule has 1 aromatic heterocycles. The second kappa shape index (κ2) is 6.44. The quantitative estimate of drug-likeness (QED) is 0.915. The molecule has 3 rings (SSSR count). The van der Waals surface area contributed by atoms with E-state index in [1.807, 2.05) is 11.3 Å². The van der Waals surface area contributed by atoms with E-state index in [0.29, 0.717) is 6.04 Å². The van der Waals surface area contributed by atoms with Gasteiger partial charge in [0.25, 0.3) is 0 Å². The van der Waals surface area contributed by atoms with Crippen LogP contribution in [0, 0.1) is 5.92 Å². The van der Waals surface area contributed by atoms with Gasteiger partial charge in [-0.05, 0) is 31.6 Å². The minimum atomic E-state index is 0.526. The fourth-order valence-electron chi connectivity index (χ4n) is 3.68. The molecular formula is C16H27N3S. The van der Waals surface area contributed by atoms with Crippen LogP contribution in [0.3, 0.4) is 0 Å². The number of fused-ring (bicyclic) bond motifs is 1. The Bertz CT molecular complexity index is 427. The van der Waals surface area contributed by atoms with Crippen molar-refractivity contribution < 1.29 is 0 Å². The van der Waals surface area contributed by atoms with Crippen molar-refractivity contribution in [2.24, 2.45) is 5.92 Å².